The number of nitrogens with one attached hydrogen (secondary N) is 2. The first-order valence-electron chi connectivity index (χ1n) is 6.72. The Bertz CT molecular complexity index is 885. The third-order valence-corrected chi connectivity index (χ3v) is 3.36. The van der Waals surface area contributed by atoms with Crippen molar-refractivity contribution in [3.05, 3.63) is 41.7 Å². The van der Waals surface area contributed by atoms with Crippen molar-refractivity contribution in [1.82, 2.24) is 15.3 Å². The molecule has 0 aliphatic carbocycles. The van der Waals surface area contributed by atoms with Crippen molar-refractivity contribution in [2.24, 2.45) is 5.73 Å². The van der Waals surface area contributed by atoms with Gasteiger partial charge in [0.15, 0.2) is 5.69 Å². The van der Waals surface area contributed by atoms with E-state index in [9.17, 15) is 9.59 Å². The van der Waals surface area contributed by atoms with E-state index in [1.807, 2.05) is 24.3 Å². The number of nitrogens with two attached hydrogens (primary N) is 1. The molecule has 0 spiro atoms. The third kappa shape index (κ3) is 2.27. The summed E-state index contributed by atoms with van der Waals surface area (Å²) in [6.07, 6.45) is 0. The summed E-state index contributed by atoms with van der Waals surface area (Å²) in [7, 11) is 0. The molecule has 7 heteroatoms. The number of rotatable bonds is 4. The second-order valence-corrected chi connectivity index (χ2v) is 4.79. The van der Waals surface area contributed by atoms with Crippen molar-refractivity contribution < 1.29 is 14.7 Å². The van der Waals surface area contributed by atoms with Crippen LogP contribution in [0.4, 0.5) is 0 Å². The van der Waals surface area contributed by atoms with Crippen LogP contribution in [-0.4, -0.2) is 40.0 Å². The highest BCUT2D eigenvalue weighted by Crippen LogP contribution is 2.27. The zero-order valence-electron chi connectivity index (χ0n) is 11.6. The lowest BCUT2D eigenvalue weighted by atomic mass is 10.1. The van der Waals surface area contributed by atoms with Crippen LogP contribution < -0.4 is 11.1 Å². The normalized spacial score (nSPS) is 11.0. The first kappa shape index (κ1) is 14.0. The van der Waals surface area contributed by atoms with Gasteiger partial charge in [0.05, 0.1) is 12.1 Å². The lowest BCUT2D eigenvalue weighted by Crippen LogP contribution is -2.28. The molecule has 3 rings (SSSR count). The van der Waals surface area contributed by atoms with E-state index in [4.69, 9.17) is 10.8 Å². The van der Waals surface area contributed by atoms with Gasteiger partial charge in [0.2, 0.25) is 0 Å². The van der Waals surface area contributed by atoms with Crippen molar-refractivity contribution in [3.8, 4) is 0 Å². The van der Waals surface area contributed by atoms with Gasteiger partial charge in [0.25, 0.3) is 11.8 Å². The lowest BCUT2D eigenvalue weighted by molar-refractivity contribution is 0.0939. The number of H-pyrrole nitrogens is 1. The van der Waals surface area contributed by atoms with E-state index in [0.717, 1.165) is 10.9 Å². The quantitative estimate of drug-likeness (QED) is 0.561. The maximum Gasteiger partial charge on any atom is 0.270 e. The topological polar surface area (TPSA) is 121 Å². The number of hydrogen-bond donors (Lipinski definition) is 4. The van der Waals surface area contributed by atoms with Gasteiger partial charge in [-0.2, -0.15) is 0 Å². The molecule has 0 saturated heterocycles. The monoisotopic (exact) mass is 298 g/mol. The van der Waals surface area contributed by atoms with Crippen molar-refractivity contribution >= 4 is 33.6 Å². The summed E-state index contributed by atoms with van der Waals surface area (Å²) in [6.45, 7) is -0.0674. The number of primary amides is 1. The van der Waals surface area contributed by atoms with Crippen molar-refractivity contribution in [2.45, 2.75) is 0 Å². The van der Waals surface area contributed by atoms with Crippen LogP contribution in [0.5, 0.6) is 0 Å². The summed E-state index contributed by atoms with van der Waals surface area (Å²) in [5.74, 6) is -1.18. The fourth-order valence-corrected chi connectivity index (χ4v) is 2.40. The van der Waals surface area contributed by atoms with Crippen LogP contribution >= 0.6 is 0 Å². The Kier molecular flexibility index (Phi) is 3.48. The number of amides is 2. The van der Waals surface area contributed by atoms with E-state index < -0.39 is 11.8 Å². The van der Waals surface area contributed by atoms with Gasteiger partial charge in [-0.05, 0) is 12.1 Å². The first-order valence-corrected chi connectivity index (χ1v) is 6.72. The van der Waals surface area contributed by atoms with Gasteiger partial charge >= 0.3 is 0 Å². The number of fused-ring (bicyclic) bond motifs is 3. The molecule has 2 aromatic heterocycles. The SMILES string of the molecule is NC(=O)c1nc(C(=O)NCCO)cc2c1[nH]c1ccccc12. The molecule has 3 aromatic rings. The van der Waals surface area contributed by atoms with Gasteiger partial charge in [-0.1, -0.05) is 18.2 Å². The molecule has 7 nitrogen and oxygen atoms in total. The molecule has 22 heavy (non-hydrogen) atoms. The minimum absolute atomic E-state index is 0.0165. The van der Waals surface area contributed by atoms with E-state index in [2.05, 4.69) is 15.3 Å². The number of nitrogens with zero attached hydrogens (tertiary/aromatic N) is 1. The van der Waals surface area contributed by atoms with E-state index >= 15 is 0 Å². The Balaban J connectivity index is 2.25. The number of hydrogen-bond acceptors (Lipinski definition) is 4. The molecule has 1 aromatic carbocycles. The maximum atomic E-state index is 12.0. The number of carbonyl (C=O) groups is 2. The highest BCUT2D eigenvalue weighted by molar-refractivity contribution is 6.15. The fourth-order valence-electron chi connectivity index (χ4n) is 2.40. The van der Waals surface area contributed by atoms with Crippen LogP contribution in [0.25, 0.3) is 21.8 Å². The zero-order valence-corrected chi connectivity index (χ0v) is 11.6. The van der Waals surface area contributed by atoms with Crippen LogP contribution in [0, 0.1) is 0 Å². The molecule has 0 aliphatic rings. The van der Waals surface area contributed by atoms with Gasteiger partial charge in [-0.3, -0.25) is 9.59 Å². The average Bonchev–Trinajstić information content (AvgIpc) is 2.90. The van der Waals surface area contributed by atoms with Gasteiger partial charge in [-0.15, -0.1) is 0 Å². The summed E-state index contributed by atoms with van der Waals surface area (Å²) < 4.78 is 0. The minimum atomic E-state index is -0.714. The number of aromatic amines is 1. The second kappa shape index (κ2) is 5.45. The van der Waals surface area contributed by atoms with Crippen molar-refractivity contribution in [3.63, 3.8) is 0 Å². The molecule has 0 bridgehead atoms. The van der Waals surface area contributed by atoms with E-state index in [0.29, 0.717) is 10.9 Å². The smallest absolute Gasteiger partial charge is 0.270 e. The Morgan fingerprint density at radius 3 is 2.77 bits per heavy atom. The molecule has 2 heterocycles. The predicted octanol–water partition coefficient (Wildman–Crippen LogP) is 0.537. The average molecular weight is 298 g/mol. The molecule has 0 aliphatic heterocycles. The molecule has 0 fully saturated rings. The standard InChI is InChI=1S/C15H14N4O3/c16-14(21)13-12-9(8-3-1-2-4-10(8)18-12)7-11(19-13)15(22)17-5-6-20/h1-4,7,18,20H,5-6H2,(H2,16,21)(H,17,22). The number of aromatic nitrogens is 2. The van der Waals surface area contributed by atoms with Gasteiger partial charge < -0.3 is 21.1 Å². The highest BCUT2D eigenvalue weighted by atomic mass is 16.3. The van der Waals surface area contributed by atoms with E-state index in [-0.39, 0.29) is 24.5 Å². The zero-order chi connectivity index (χ0) is 15.7. The molecule has 0 saturated carbocycles. The van der Waals surface area contributed by atoms with Crippen molar-refractivity contribution in [1.29, 1.82) is 0 Å². The molecule has 112 valence electrons. The van der Waals surface area contributed by atoms with Crippen LogP contribution in [0.1, 0.15) is 21.0 Å². The van der Waals surface area contributed by atoms with Crippen LogP contribution in [0.2, 0.25) is 0 Å². The molecule has 0 radical (unpaired) electrons. The Morgan fingerprint density at radius 2 is 2.05 bits per heavy atom. The van der Waals surface area contributed by atoms with Crippen LogP contribution in [-0.2, 0) is 0 Å². The molecular weight excluding hydrogens is 284 g/mol. The molecule has 0 unspecified atom stereocenters. The Hall–Kier alpha value is -2.93. The van der Waals surface area contributed by atoms with E-state index in [1.165, 1.54) is 0 Å². The second-order valence-electron chi connectivity index (χ2n) is 4.79. The summed E-state index contributed by atoms with van der Waals surface area (Å²) in [5.41, 5.74) is 6.81. The highest BCUT2D eigenvalue weighted by Gasteiger charge is 2.18. The number of para-hydroxylation sites is 1. The Morgan fingerprint density at radius 1 is 1.27 bits per heavy atom. The number of carbonyl (C=O) groups excluding carboxylic acids is 2. The summed E-state index contributed by atoms with van der Waals surface area (Å²) >= 11 is 0. The lowest BCUT2D eigenvalue weighted by Gasteiger charge is -2.05. The molecule has 0 atom stereocenters. The minimum Gasteiger partial charge on any atom is -0.395 e. The summed E-state index contributed by atoms with van der Waals surface area (Å²) in [4.78, 5) is 30.8. The molecule has 2 amide bonds. The molecular formula is C15H14N4O3. The van der Waals surface area contributed by atoms with Gasteiger partial charge in [0.1, 0.15) is 5.69 Å². The van der Waals surface area contributed by atoms with Gasteiger partial charge in [0, 0.05) is 22.8 Å². The van der Waals surface area contributed by atoms with Gasteiger partial charge in [-0.25, -0.2) is 4.98 Å². The van der Waals surface area contributed by atoms with Crippen LogP contribution in [0.15, 0.2) is 30.3 Å². The summed E-state index contributed by atoms with van der Waals surface area (Å²) in [5, 5.41) is 12.9. The fraction of sp³-hybridized carbons (Fsp3) is 0.133. The molecule has 5 N–H and O–H groups in total. The number of pyridine rings is 1. The number of benzene rings is 1. The maximum absolute atomic E-state index is 12.0. The third-order valence-electron chi connectivity index (χ3n) is 3.36. The largest absolute Gasteiger partial charge is 0.395 e. The number of aliphatic hydroxyl groups excluding tert-OH is 1. The Labute approximate surface area is 125 Å². The van der Waals surface area contributed by atoms with Crippen molar-refractivity contribution in [2.75, 3.05) is 13.2 Å². The summed E-state index contributed by atoms with van der Waals surface area (Å²) in [6, 6.07) is 9.09. The first-order chi connectivity index (χ1) is 10.6. The predicted molar refractivity (Wildman–Crippen MR) is 81.5 cm³/mol. The van der Waals surface area contributed by atoms with Crippen LogP contribution in [0.3, 0.4) is 0 Å². The number of aliphatic hydroxyl groups is 1. The van der Waals surface area contributed by atoms with E-state index in [1.54, 1.807) is 6.07 Å².